The lowest BCUT2D eigenvalue weighted by atomic mass is 9.98. The van der Waals surface area contributed by atoms with E-state index in [1.165, 1.54) is 126 Å². The van der Waals surface area contributed by atoms with E-state index in [4.69, 9.17) is 50.1 Å². The molecule has 3 N–H and O–H groups in total. The average molecular weight is 1950 g/mol. The molecule has 706 valence electrons. The third-order valence-electron chi connectivity index (χ3n) is 22.9. The molecule has 15 aromatic rings. The summed E-state index contributed by atoms with van der Waals surface area (Å²) in [6, 6.07) is 66.8. The maximum atomic E-state index is 14.6. The van der Waals surface area contributed by atoms with Gasteiger partial charge in [-0.05, 0) is 207 Å². The number of rotatable bonds is 20. The van der Waals surface area contributed by atoms with Gasteiger partial charge in [-0.3, -0.25) is 52.1 Å². The Balaban J connectivity index is 0.000000150. The van der Waals surface area contributed by atoms with Crippen LogP contribution in [0.5, 0.6) is 0 Å². The van der Waals surface area contributed by atoms with Gasteiger partial charge in [-0.1, -0.05) is 179 Å². The lowest BCUT2D eigenvalue weighted by Gasteiger charge is -2.23. The molecule has 2 aliphatic rings. The number of carbonyl (C=O) groups is 11. The third kappa shape index (κ3) is 21.9. The molecular weight excluding hydrogens is 1870 g/mol. The summed E-state index contributed by atoms with van der Waals surface area (Å²) in [5.41, 5.74) is 2.93. The predicted molar refractivity (Wildman–Crippen MR) is 491 cm³/mol. The molecule has 5 aromatic heterocycles. The Morgan fingerprint density at radius 3 is 1.20 bits per heavy atom. The molecule has 0 aliphatic carbocycles. The number of benzene rings is 10. The molecule has 0 saturated carbocycles. The molecule has 3 atom stereocenters. The highest BCUT2D eigenvalue weighted by atomic mass is 35.5. The summed E-state index contributed by atoms with van der Waals surface area (Å²) in [5, 5.41) is 30.9. The molecule has 17 rings (SSSR count). The van der Waals surface area contributed by atoms with Crippen molar-refractivity contribution in [2.75, 3.05) is 0 Å². The van der Waals surface area contributed by atoms with Crippen molar-refractivity contribution in [1.82, 2.24) is 22.8 Å². The number of alkyl halides is 12. The normalized spacial score (nSPS) is 13.5. The third-order valence-corrected chi connectivity index (χ3v) is 23.6. The number of hydrogen-bond donors (Lipinski definition) is 3. The second-order valence-electron chi connectivity index (χ2n) is 32.2. The van der Waals surface area contributed by atoms with Crippen molar-refractivity contribution >= 4 is 144 Å². The van der Waals surface area contributed by atoms with Crippen LogP contribution in [0, 0.1) is 27.7 Å². The minimum absolute atomic E-state index is 0.0154. The number of halogens is 15. The van der Waals surface area contributed by atoms with E-state index in [0.29, 0.717) is 61.6 Å². The Labute approximate surface area is 787 Å². The second kappa shape index (κ2) is 42.1. The Bertz CT molecular complexity index is 7170. The fourth-order valence-corrected chi connectivity index (χ4v) is 16.6. The summed E-state index contributed by atoms with van der Waals surface area (Å²) in [5.74, 6) is -18.0. The van der Waals surface area contributed by atoms with Crippen LogP contribution in [-0.2, 0) is 73.0 Å². The topological polar surface area (TPSA) is 273 Å². The van der Waals surface area contributed by atoms with Crippen molar-refractivity contribution in [1.29, 1.82) is 0 Å². The van der Waals surface area contributed by atoms with Gasteiger partial charge >= 0.3 is 42.1 Å². The van der Waals surface area contributed by atoms with E-state index >= 15 is 0 Å². The molecule has 0 fully saturated rings. The zero-order valence-corrected chi connectivity index (χ0v) is 75.2. The number of ketones is 2. The second-order valence-corrected chi connectivity index (χ2v) is 33.5. The van der Waals surface area contributed by atoms with Gasteiger partial charge in [0.1, 0.15) is 30.2 Å². The molecule has 0 radical (unpaired) electrons. The number of fused-ring (bicyclic) bond motifs is 6. The molecule has 3 unspecified atom stereocenters. The van der Waals surface area contributed by atoms with Crippen molar-refractivity contribution in [3.05, 3.63) is 376 Å². The molecular formula is C103H80Cl3F12N5O14. The van der Waals surface area contributed by atoms with Crippen molar-refractivity contribution < 1.29 is 121 Å². The zero-order chi connectivity index (χ0) is 99.8. The first-order valence-electron chi connectivity index (χ1n) is 41.9. The van der Waals surface area contributed by atoms with E-state index in [-0.39, 0.29) is 93.9 Å². The van der Waals surface area contributed by atoms with Crippen LogP contribution in [0.15, 0.2) is 249 Å². The fourth-order valence-electron chi connectivity index (χ4n) is 16.3. The zero-order valence-electron chi connectivity index (χ0n) is 72.9. The fraction of sp³-hybridized carbons (Fsp3) is 0.194. The lowest BCUT2D eigenvalue weighted by molar-refractivity contribution is -0.291. The molecule has 34 heteroatoms. The molecule has 0 amide bonds. The van der Waals surface area contributed by atoms with Crippen LogP contribution in [0.2, 0.25) is 15.1 Å². The van der Waals surface area contributed by atoms with Gasteiger partial charge in [-0.2, -0.15) is 43.9 Å². The number of carboxylic acid groups (broad SMARTS) is 3. The van der Waals surface area contributed by atoms with Crippen molar-refractivity contribution in [2.24, 2.45) is 0 Å². The largest absolute Gasteiger partial charge is 0.481 e. The van der Waals surface area contributed by atoms with Crippen LogP contribution in [0.4, 0.5) is 52.7 Å². The van der Waals surface area contributed by atoms with Crippen LogP contribution >= 0.6 is 34.8 Å². The van der Waals surface area contributed by atoms with Gasteiger partial charge in [-0.25, -0.2) is 8.78 Å². The number of aldehydes is 3. The van der Waals surface area contributed by atoms with E-state index in [2.05, 4.69) is 37.3 Å². The van der Waals surface area contributed by atoms with Crippen LogP contribution in [0.25, 0.3) is 43.5 Å². The number of nitrogens with zero attached hydrogens (tertiary/aromatic N) is 5. The number of aryl methyl sites for hydroxylation is 4. The van der Waals surface area contributed by atoms with Gasteiger partial charge in [-0.15, -0.1) is 0 Å². The van der Waals surface area contributed by atoms with Gasteiger partial charge in [0.05, 0.1) is 58.3 Å². The maximum absolute atomic E-state index is 14.6. The van der Waals surface area contributed by atoms with Crippen molar-refractivity contribution in [3.63, 3.8) is 0 Å². The number of carboxylic acids is 3. The van der Waals surface area contributed by atoms with Crippen molar-refractivity contribution in [2.45, 2.75) is 128 Å². The number of aliphatic carboxylic acids is 3. The Hall–Kier alpha value is -14.6. The first kappa shape index (κ1) is 101. The summed E-state index contributed by atoms with van der Waals surface area (Å²) in [6.45, 7) is 10.3. The van der Waals surface area contributed by atoms with Crippen LogP contribution in [0.3, 0.4) is 0 Å². The Morgan fingerprint density at radius 2 is 0.788 bits per heavy atom. The van der Waals surface area contributed by atoms with Gasteiger partial charge in [0.15, 0.2) is 0 Å². The van der Waals surface area contributed by atoms with Gasteiger partial charge in [0.2, 0.25) is 11.6 Å². The highest BCUT2D eigenvalue weighted by Crippen LogP contribution is 2.51. The van der Waals surface area contributed by atoms with Gasteiger partial charge < -0.3 is 38.8 Å². The number of aromatic nitrogens is 5. The molecule has 10 aromatic carbocycles. The Morgan fingerprint density at radius 1 is 0.416 bits per heavy atom. The maximum Gasteiger partial charge on any atom is 0.459 e. The summed E-state index contributed by atoms with van der Waals surface area (Å²) < 4.78 is 171. The molecule has 19 nitrogen and oxygen atoms in total. The van der Waals surface area contributed by atoms with E-state index in [1.54, 1.807) is 63.2 Å². The molecule has 0 spiro atoms. The lowest BCUT2D eigenvalue weighted by Crippen LogP contribution is -2.38. The van der Waals surface area contributed by atoms with E-state index in [0.717, 1.165) is 52.6 Å². The highest BCUT2D eigenvalue weighted by Gasteiger charge is 2.63. The standard InChI is InChI=1S/C20H13ClF5NO3.C20H13ClF5NO2.C19H14ClF2NO3.C15H13NO3.C15H13NO2.C14H14O/c1-10-2-7-15-13(8-10)14(9-16(28)29)17(19(22,23)20(24,25)26)27(15)18(30)11-3-5-12(21)6-4-11;1-11-2-7-16-15(10-11)14(8-9-28)17(19(22,23)20(24,25)26)27(16)18(29)12-3-5-13(21)6-4-12;1-10-2-7-15-13(8-10)14(9-16(24)25)17(18(21)22)23(15)19(26)11-3-5-12(20)6-4-11;17-14(10-4-2-1-3-5-10)13-7-6-12-11(15(18)19)8-9-16(12)13;17-10-12-8-9-16-13(12)6-7-14(16)15(18)11-4-2-1-3-5-11;1-10-3-4-14-8-12(11(2)9-15)5-6-13(14)7-10/h2-8H,9H2,1H3,(H,28,29);2-7,9-10H,8H2,1H3;2-8,18H,9H2,1H3,(H,24,25);1-7,11H,8-9H2,(H,18,19);1-7,10,12H,8-9H2;3-9,11H,1-2H3. The smallest absolute Gasteiger partial charge is 0.459 e. The van der Waals surface area contributed by atoms with Crippen LogP contribution in [0.1, 0.15) is 180 Å². The molecule has 0 saturated heterocycles. The van der Waals surface area contributed by atoms with Gasteiger partial charge in [0.25, 0.3) is 24.1 Å². The molecule has 0 bridgehead atoms. The van der Waals surface area contributed by atoms with Crippen molar-refractivity contribution in [3.8, 4) is 0 Å². The quantitative estimate of drug-likeness (QED) is 0.0364. The van der Waals surface area contributed by atoms with E-state index in [9.17, 15) is 105 Å². The average Bonchev–Trinajstić information content (AvgIpc) is 1.57. The predicted octanol–water partition coefficient (Wildman–Crippen LogP) is 24.3. The number of carbonyl (C=O) groups excluding carboxylic acids is 8. The minimum atomic E-state index is -6.05. The van der Waals surface area contributed by atoms with E-state index < -0.39 is 120 Å². The molecule has 137 heavy (non-hydrogen) atoms. The van der Waals surface area contributed by atoms with Crippen LogP contribution in [-0.4, -0.2) is 117 Å². The minimum Gasteiger partial charge on any atom is -0.481 e. The first-order chi connectivity index (χ1) is 64.8. The Kier molecular flexibility index (Phi) is 31.2. The van der Waals surface area contributed by atoms with E-state index in [1.807, 2.05) is 82.8 Å². The summed E-state index contributed by atoms with van der Waals surface area (Å²) >= 11 is 17.3. The molecule has 7 heterocycles. The first-order valence-corrected chi connectivity index (χ1v) is 43.1. The van der Waals surface area contributed by atoms with Crippen LogP contribution < -0.4 is 0 Å². The summed E-state index contributed by atoms with van der Waals surface area (Å²) in [4.78, 5) is 130. The molecule has 2 aliphatic heterocycles. The summed E-state index contributed by atoms with van der Waals surface area (Å²) in [6.07, 6.45) is -13.9. The van der Waals surface area contributed by atoms with Gasteiger partial charge in [0, 0.05) is 95.9 Å². The summed E-state index contributed by atoms with van der Waals surface area (Å²) in [7, 11) is 0. The monoisotopic (exact) mass is 1940 g/mol. The SMILES string of the molecule is Cc1ccc2c(c1)c(CC(=O)O)c(C(F)(F)C(F)(F)F)n2C(=O)c1ccc(Cl)cc1.Cc1ccc2c(c1)c(CC(=O)O)c(C(F)F)n2C(=O)c1ccc(Cl)cc1.Cc1ccc2c(c1)c(CC=O)c(C(F)(F)C(F)(F)F)n2C(=O)c1ccc(Cl)cc1.Cc1ccc2cc(C(C)C=O)ccc2c1.O=C(c1ccccc1)c1ccc2n1CCC2C(=O)O.O=CC1CCn2c(C(=O)c3ccccc3)ccc21. The highest BCUT2D eigenvalue weighted by molar-refractivity contribution is 6.31. The number of hydrogen-bond acceptors (Lipinski definition) is 11.